The van der Waals surface area contributed by atoms with Crippen molar-refractivity contribution in [2.24, 2.45) is 0 Å². The number of halogens is 2. The van der Waals surface area contributed by atoms with Crippen LogP contribution in [-0.2, 0) is 19.6 Å². The van der Waals surface area contributed by atoms with Crippen molar-refractivity contribution < 1.29 is 22.3 Å². The van der Waals surface area contributed by atoms with Crippen molar-refractivity contribution in [3.8, 4) is 0 Å². The van der Waals surface area contributed by atoms with Crippen molar-refractivity contribution in [3.63, 3.8) is 0 Å². The summed E-state index contributed by atoms with van der Waals surface area (Å²) in [6.07, 6.45) is 0. The van der Waals surface area contributed by atoms with Gasteiger partial charge in [-0.3, -0.25) is 4.79 Å². The Kier molecular flexibility index (Phi) is 6.30. The van der Waals surface area contributed by atoms with Crippen molar-refractivity contribution in [2.75, 3.05) is 13.2 Å². The molecule has 0 aliphatic carbocycles. The van der Waals surface area contributed by atoms with E-state index >= 15 is 0 Å². The zero-order valence-corrected chi connectivity index (χ0v) is 14.4. The van der Waals surface area contributed by atoms with E-state index in [1.54, 1.807) is 20.8 Å². The first-order chi connectivity index (χ1) is 9.70. The van der Waals surface area contributed by atoms with Crippen LogP contribution in [0.1, 0.15) is 20.8 Å². The largest absolute Gasteiger partial charge is 0.465 e. The molecule has 0 saturated carbocycles. The number of carbonyl (C=O) groups excluding carboxylic acids is 1. The van der Waals surface area contributed by atoms with Gasteiger partial charge in [-0.15, -0.1) is 0 Å². The molecule has 0 saturated heterocycles. The summed E-state index contributed by atoms with van der Waals surface area (Å²) in [6, 6.07) is 3.04. The van der Waals surface area contributed by atoms with E-state index in [9.17, 15) is 17.6 Å². The maximum absolute atomic E-state index is 13.5. The minimum Gasteiger partial charge on any atom is -0.465 e. The zero-order chi connectivity index (χ0) is 16.2. The molecule has 0 bridgehead atoms. The van der Waals surface area contributed by atoms with Crippen LogP contribution in [0.4, 0.5) is 4.39 Å². The molecule has 1 aromatic rings. The molecule has 0 spiro atoms. The second kappa shape index (κ2) is 7.33. The molecule has 1 rings (SSSR count). The number of esters is 1. The molecule has 1 aromatic carbocycles. The third kappa shape index (κ3) is 4.49. The number of hydrogen-bond acceptors (Lipinski definition) is 4. The number of ether oxygens (including phenoxy) is 1. The molecule has 0 amide bonds. The van der Waals surface area contributed by atoms with Crippen molar-refractivity contribution in [1.29, 1.82) is 0 Å². The van der Waals surface area contributed by atoms with Crippen LogP contribution >= 0.6 is 15.9 Å². The summed E-state index contributed by atoms with van der Waals surface area (Å²) in [5, 5.41) is 0. The monoisotopic (exact) mass is 381 g/mol. The average molecular weight is 382 g/mol. The van der Waals surface area contributed by atoms with Gasteiger partial charge in [0, 0.05) is 6.04 Å². The second-order valence-corrected chi connectivity index (χ2v) is 7.27. The summed E-state index contributed by atoms with van der Waals surface area (Å²) in [4.78, 5) is 11.3. The SMILES string of the molecule is CCOC(=O)CN(C(C)C)S(=O)(=O)c1ccc(Br)c(F)c1. The Hall–Kier alpha value is -0.990. The topological polar surface area (TPSA) is 63.7 Å². The van der Waals surface area contributed by atoms with E-state index in [-0.39, 0.29) is 16.0 Å². The minimum atomic E-state index is -3.98. The molecule has 0 aliphatic heterocycles. The normalized spacial score (nSPS) is 12.0. The molecular formula is C13H17BrFNO4S. The highest BCUT2D eigenvalue weighted by molar-refractivity contribution is 9.10. The summed E-state index contributed by atoms with van der Waals surface area (Å²) in [5.74, 6) is -1.33. The Labute approximate surface area is 132 Å². The van der Waals surface area contributed by atoms with Gasteiger partial charge in [0.2, 0.25) is 10.0 Å². The molecule has 0 aliphatic rings. The zero-order valence-electron chi connectivity index (χ0n) is 12.0. The molecule has 0 aromatic heterocycles. The van der Waals surface area contributed by atoms with Gasteiger partial charge < -0.3 is 4.74 Å². The molecule has 0 N–H and O–H groups in total. The van der Waals surface area contributed by atoms with E-state index in [0.29, 0.717) is 0 Å². The molecule has 0 radical (unpaired) electrons. The van der Waals surface area contributed by atoms with Gasteiger partial charge in [0.15, 0.2) is 0 Å². The fourth-order valence-corrected chi connectivity index (χ4v) is 3.49. The third-order valence-corrected chi connectivity index (χ3v) is 5.32. The van der Waals surface area contributed by atoms with E-state index in [1.807, 2.05) is 0 Å². The lowest BCUT2D eigenvalue weighted by atomic mass is 10.3. The maximum atomic E-state index is 13.5. The van der Waals surface area contributed by atoms with E-state index in [0.717, 1.165) is 10.4 Å². The molecule has 8 heteroatoms. The molecule has 0 heterocycles. The van der Waals surface area contributed by atoms with Crippen LogP contribution in [0.2, 0.25) is 0 Å². The fraction of sp³-hybridized carbons (Fsp3) is 0.462. The van der Waals surface area contributed by atoms with Crippen LogP contribution in [-0.4, -0.2) is 37.9 Å². The Morgan fingerprint density at radius 1 is 1.43 bits per heavy atom. The molecule has 0 unspecified atom stereocenters. The Bertz CT molecular complexity index is 619. The maximum Gasteiger partial charge on any atom is 0.321 e. The first-order valence-electron chi connectivity index (χ1n) is 6.32. The molecule has 5 nitrogen and oxygen atoms in total. The highest BCUT2D eigenvalue weighted by Crippen LogP contribution is 2.23. The van der Waals surface area contributed by atoms with Gasteiger partial charge in [-0.25, -0.2) is 12.8 Å². The summed E-state index contributed by atoms with van der Waals surface area (Å²) >= 11 is 2.97. The third-order valence-electron chi connectivity index (χ3n) is 2.66. The van der Waals surface area contributed by atoms with E-state index in [4.69, 9.17) is 4.74 Å². The van der Waals surface area contributed by atoms with Gasteiger partial charge in [0.1, 0.15) is 12.4 Å². The predicted octanol–water partition coefficient (Wildman–Crippen LogP) is 2.55. The lowest BCUT2D eigenvalue weighted by Gasteiger charge is -2.25. The van der Waals surface area contributed by atoms with E-state index < -0.39 is 34.4 Å². The highest BCUT2D eigenvalue weighted by atomic mass is 79.9. The van der Waals surface area contributed by atoms with Crippen LogP contribution in [0.25, 0.3) is 0 Å². The number of carbonyl (C=O) groups is 1. The van der Waals surface area contributed by atoms with Crippen molar-refractivity contribution in [1.82, 2.24) is 4.31 Å². The quantitative estimate of drug-likeness (QED) is 0.710. The van der Waals surface area contributed by atoms with Gasteiger partial charge in [-0.2, -0.15) is 4.31 Å². The van der Waals surface area contributed by atoms with Gasteiger partial charge in [-0.05, 0) is 54.9 Å². The van der Waals surface area contributed by atoms with Crippen molar-refractivity contribution >= 4 is 31.9 Å². The number of benzene rings is 1. The molecule has 118 valence electrons. The standard InChI is InChI=1S/C13H17BrFNO4S/c1-4-20-13(17)8-16(9(2)3)21(18,19)10-5-6-11(14)12(15)7-10/h5-7,9H,4,8H2,1-3H3. The molecule has 0 fully saturated rings. The number of hydrogen-bond donors (Lipinski definition) is 0. The van der Waals surface area contributed by atoms with Gasteiger partial charge in [0.25, 0.3) is 0 Å². The number of rotatable bonds is 6. The summed E-state index contributed by atoms with van der Waals surface area (Å²) < 4.78 is 44.5. The van der Waals surface area contributed by atoms with Crippen LogP contribution in [0.3, 0.4) is 0 Å². The summed E-state index contributed by atoms with van der Waals surface area (Å²) in [5.41, 5.74) is 0. The first-order valence-corrected chi connectivity index (χ1v) is 8.56. The van der Waals surface area contributed by atoms with Crippen LogP contribution < -0.4 is 0 Å². The van der Waals surface area contributed by atoms with Crippen LogP contribution in [0, 0.1) is 5.82 Å². The summed E-state index contributed by atoms with van der Waals surface area (Å²) in [7, 11) is -3.98. The first kappa shape index (κ1) is 18.1. The lowest BCUT2D eigenvalue weighted by Crippen LogP contribution is -2.41. The number of nitrogens with zero attached hydrogens (tertiary/aromatic N) is 1. The Balaban J connectivity index is 3.15. The number of sulfonamides is 1. The van der Waals surface area contributed by atoms with E-state index in [2.05, 4.69) is 15.9 Å². The molecule has 0 atom stereocenters. The van der Waals surface area contributed by atoms with Crippen molar-refractivity contribution in [3.05, 3.63) is 28.5 Å². The Morgan fingerprint density at radius 2 is 2.05 bits per heavy atom. The van der Waals surface area contributed by atoms with Gasteiger partial charge in [0.05, 0.1) is 16.0 Å². The van der Waals surface area contributed by atoms with Crippen molar-refractivity contribution in [2.45, 2.75) is 31.7 Å². The fourth-order valence-electron chi connectivity index (χ4n) is 1.65. The predicted molar refractivity (Wildman–Crippen MR) is 79.8 cm³/mol. The smallest absolute Gasteiger partial charge is 0.321 e. The molecule has 21 heavy (non-hydrogen) atoms. The second-order valence-electron chi connectivity index (χ2n) is 4.52. The highest BCUT2D eigenvalue weighted by Gasteiger charge is 2.30. The Morgan fingerprint density at radius 3 is 2.52 bits per heavy atom. The lowest BCUT2D eigenvalue weighted by molar-refractivity contribution is -0.143. The van der Waals surface area contributed by atoms with Gasteiger partial charge in [-0.1, -0.05) is 0 Å². The average Bonchev–Trinajstić information content (AvgIpc) is 2.38. The molecular weight excluding hydrogens is 365 g/mol. The summed E-state index contributed by atoms with van der Waals surface area (Å²) in [6.45, 7) is 4.65. The van der Waals surface area contributed by atoms with Crippen LogP contribution in [0.15, 0.2) is 27.6 Å². The van der Waals surface area contributed by atoms with Crippen LogP contribution in [0.5, 0.6) is 0 Å². The minimum absolute atomic E-state index is 0.164. The van der Waals surface area contributed by atoms with Gasteiger partial charge >= 0.3 is 5.97 Å². The van der Waals surface area contributed by atoms with E-state index in [1.165, 1.54) is 12.1 Å².